The predicted octanol–water partition coefficient (Wildman–Crippen LogP) is 8.51. The molecule has 0 saturated heterocycles. The van der Waals surface area contributed by atoms with Crippen molar-refractivity contribution < 1.29 is 23.7 Å². The number of fused-ring (bicyclic) bond motifs is 6. The molecule has 1 spiro atoms. The van der Waals surface area contributed by atoms with Crippen LogP contribution >= 0.6 is 0 Å². The molecule has 8 heteroatoms. The van der Waals surface area contributed by atoms with Crippen molar-refractivity contribution >= 4 is 0 Å². The number of hydrogen-bond donors (Lipinski definition) is 1. The molecule has 0 amide bonds. The van der Waals surface area contributed by atoms with Gasteiger partial charge in [-0.2, -0.15) is 0 Å². The number of nitrogens with two attached hydrogens (primary N) is 1. The third kappa shape index (κ3) is 6.32. The molecule has 3 aliphatic heterocycles. The summed E-state index contributed by atoms with van der Waals surface area (Å²) in [6.07, 6.45) is 10.9. The fraction of sp³-hybridized carbons (Fsp3) is 0.205. The molecule has 3 aliphatic rings. The molecular formula is C44H41N3O5. The second kappa shape index (κ2) is 14.4. The molecule has 1 aromatic heterocycles. The lowest BCUT2D eigenvalue weighted by molar-refractivity contribution is 0.0198. The van der Waals surface area contributed by atoms with E-state index in [1.165, 1.54) is 0 Å². The number of methoxy groups -OCH3 is 2. The number of para-hydroxylation sites is 1. The van der Waals surface area contributed by atoms with Crippen molar-refractivity contribution in [1.82, 2.24) is 9.88 Å². The van der Waals surface area contributed by atoms with E-state index in [2.05, 4.69) is 59.5 Å². The molecule has 52 heavy (non-hydrogen) atoms. The summed E-state index contributed by atoms with van der Waals surface area (Å²) in [6, 6.07) is 34.4. The summed E-state index contributed by atoms with van der Waals surface area (Å²) < 4.78 is 30.9. The van der Waals surface area contributed by atoms with Gasteiger partial charge in [0.05, 0.1) is 38.3 Å². The van der Waals surface area contributed by atoms with Gasteiger partial charge in [0.2, 0.25) is 0 Å². The van der Waals surface area contributed by atoms with Crippen LogP contribution in [0, 0.1) is 0 Å². The lowest BCUT2D eigenvalue weighted by atomic mass is 9.77. The van der Waals surface area contributed by atoms with E-state index in [9.17, 15) is 0 Å². The summed E-state index contributed by atoms with van der Waals surface area (Å²) in [7, 11) is 3.36. The highest BCUT2D eigenvalue weighted by Crippen LogP contribution is 2.57. The Morgan fingerprint density at radius 3 is 2.44 bits per heavy atom. The summed E-state index contributed by atoms with van der Waals surface area (Å²) in [5.41, 5.74) is 13.5. The van der Waals surface area contributed by atoms with E-state index in [0.29, 0.717) is 42.7 Å². The standard InChI is InChI=1S/C44H41N3O5/c1-48-34-20-22-37-42(24-34)52-43-25-35(21-23-38(43)44(37)36-16-9-7-13-31(36)28-51-44)50-29-33-15-11-17-39(46-33)40-18-6-4-3-5-14-32(45)27-47(40)26-30-12-8-10-19-41(30)49-2/h3-17,19-25,40H,18,26-29,45H2,1-2H3/b5-3-,6-4+,32-14-/t40-,44?/m1/s1. The Morgan fingerprint density at radius 2 is 1.60 bits per heavy atom. The van der Waals surface area contributed by atoms with Gasteiger partial charge < -0.3 is 29.4 Å². The number of nitrogens with zero attached hydrogens (tertiary/aromatic N) is 2. The van der Waals surface area contributed by atoms with Gasteiger partial charge in [0.25, 0.3) is 0 Å². The summed E-state index contributed by atoms with van der Waals surface area (Å²) in [4.78, 5) is 7.50. The van der Waals surface area contributed by atoms with E-state index in [1.54, 1.807) is 14.2 Å². The van der Waals surface area contributed by atoms with Crippen LogP contribution in [-0.4, -0.2) is 30.6 Å². The molecule has 0 aliphatic carbocycles. The van der Waals surface area contributed by atoms with Gasteiger partial charge >= 0.3 is 0 Å². The maximum absolute atomic E-state index is 6.71. The molecule has 4 aromatic carbocycles. The topological polar surface area (TPSA) is 88.3 Å². The number of aromatic nitrogens is 1. The Labute approximate surface area is 304 Å². The van der Waals surface area contributed by atoms with Gasteiger partial charge in [0.15, 0.2) is 5.60 Å². The molecular weight excluding hydrogens is 650 g/mol. The largest absolute Gasteiger partial charge is 0.497 e. The maximum Gasteiger partial charge on any atom is 0.151 e. The van der Waals surface area contributed by atoms with Crippen LogP contribution in [0.15, 0.2) is 139 Å². The summed E-state index contributed by atoms with van der Waals surface area (Å²) in [5, 5.41) is 0. The van der Waals surface area contributed by atoms with Gasteiger partial charge in [-0.15, -0.1) is 0 Å². The average molecular weight is 692 g/mol. The van der Waals surface area contributed by atoms with Gasteiger partial charge in [-0.3, -0.25) is 9.88 Å². The van der Waals surface area contributed by atoms with Crippen molar-refractivity contribution in [3.63, 3.8) is 0 Å². The van der Waals surface area contributed by atoms with Crippen molar-refractivity contribution in [2.75, 3.05) is 20.8 Å². The smallest absolute Gasteiger partial charge is 0.151 e. The van der Waals surface area contributed by atoms with Gasteiger partial charge in [-0.1, -0.05) is 72.8 Å². The van der Waals surface area contributed by atoms with Crippen LogP contribution in [0.1, 0.15) is 51.7 Å². The Kier molecular flexibility index (Phi) is 9.24. The van der Waals surface area contributed by atoms with Gasteiger partial charge in [-0.05, 0) is 66.1 Å². The van der Waals surface area contributed by atoms with Crippen LogP contribution < -0.4 is 24.7 Å². The Hall–Kier alpha value is -5.83. The van der Waals surface area contributed by atoms with Crippen molar-refractivity contribution in [3.8, 4) is 28.7 Å². The summed E-state index contributed by atoms with van der Waals surface area (Å²) in [5.74, 6) is 3.60. The first kappa shape index (κ1) is 33.3. The summed E-state index contributed by atoms with van der Waals surface area (Å²) in [6.45, 7) is 2.00. The van der Waals surface area contributed by atoms with E-state index >= 15 is 0 Å². The molecule has 2 N–H and O–H groups in total. The quantitative estimate of drug-likeness (QED) is 0.173. The highest BCUT2D eigenvalue weighted by molar-refractivity contribution is 5.65. The number of ether oxygens (including phenoxy) is 5. The molecule has 1 unspecified atom stereocenters. The van der Waals surface area contributed by atoms with Crippen molar-refractivity contribution in [2.24, 2.45) is 5.73 Å². The number of allylic oxidation sites excluding steroid dienone is 4. The molecule has 2 atom stereocenters. The van der Waals surface area contributed by atoms with Crippen LogP contribution in [0.3, 0.4) is 0 Å². The van der Waals surface area contributed by atoms with E-state index in [4.69, 9.17) is 34.4 Å². The first-order valence-electron chi connectivity index (χ1n) is 17.5. The van der Waals surface area contributed by atoms with Gasteiger partial charge in [-0.25, -0.2) is 0 Å². The van der Waals surface area contributed by atoms with E-state index < -0.39 is 5.60 Å². The van der Waals surface area contributed by atoms with Crippen molar-refractivity contribution in [2.45, 2.75) is 37.8 Å². The number of rotatable bonds is 8. The van der Waals surface area contributed by atoms with Crippen LogP contribution in [0.4, 0.5) is 0 Å². The van der Waals surface area contributed by atoms with Gasteiger partial charge in [0, 0.05) is 47.6 Å². The number of benzene rings is 4. The van der Waals surface area contributed by atoms with Crippen molar-refractivity contribution in [1.29, 1.82) is 0 Å². The minimum atomic E-state index is -0.797. The number of pyridine rings is 1. The first-order chi connectivity index (χ1) is 25.6. The minimum absolute atomic E-state index is 0.0424. The van der Waals surface area contributed by atoms with E-state index in [-0.39, 0.29) is 12.6 Å². The Balaban J connectivity index is 1.08. The molecule has 4 heterocycles. The second-order valence-electron chi connectivity index (χ2n) is 13.1. The highest BCUT2D eigenvalue weighted by Gasteiger charge is 2.49. The molecule has 0 saturated carbocycles. The fourth-order valence-electron chi connectivity index (χ4n) is 7.46. The zero-order chi connectivity index (χ0) is 35.5. The maximum atomic E-state index is 6.71. The molecule has 5 aromatic rings. The van der Waals surface area contributed by atoms with Crippen LogP contribution in [0.25, 0.3) is 0 Å². The molecule has 0 fully saturated rings. The Morgan fingerprint density at radius 1 is 0.808 bits per heavy atom. The lowest BCUT2D eigenvalue weighted by Gasteiger charge is -2.37. The molecule has 8 rings (SSSR count). The molecule has 0 bridgehead atoms. The van der Waals surface area contributed by atoms with Gasteiger partial charge in [0.1, 0.15) is 35.4 Å². The van der Waals surface area contributed by atoms with E-state index in [1.807, 2.05) is 78.9 Å². The second-order valence-corrected chi connectivity index (χ2v) is 13.1. The van der Waals surface area contributed by atoms with E-state index in [0.717, 1.165) is 57.1 Å². The van der Waals surface area contributed by atoms with Crippen molar-refractivity contribution in [3.05, 3.63) is 178 Å². The molecule has 0 radical (unpaired) electrons. The zero-order valence-electron chi connectivity index (χ0n) is 29.3. The summed E-state index contributed by atoms with van der Waals surface area (Å²) >= 11 is 0. The predicted molar refractivity (Wildman–Crippen MR) is 201 cm³/mol. The third-order valence-electron chi connectivity index (χ3n) is 9.94. The fourth-order valence-corrected chi connectivity index (χ4v) is 7.46. The third-order valence-corrected chi connectivity index (χ3v) is 9.94. The zero-order valence-corrected chi connectivity index (χ0v) is 29.3. The first-order valence-corrected chi connectivity index (χ1v) is 17.5. The normalized spacial score (nSPS) is 21.4. The van der Waals surface area contributed by atoms with Crippen LogP contribution in [-0.2, 0) is 30.1 Å². The molecule has 262 valence electrons. The Bertz CT molecular complexity index is 2190. The monoisotopic (exact) mass is 691 g/mol. The highest BCUT2D eigenvalue weighted by atomic mass is 16.5. The number of hydrogen-bond acceptors (Lipinski definition) is 8. The SMILES string of the molecule is COc1ccc2c(c1)Oc1cc(OCc3cccc([C@H]4C/C=C/C=C\C=C(/N)CN4Cc4ccccc4OC)n3)ccc1C21OCc2ccccc21. The average Bonchev–Trinajstić information content (AvgIpc) is 3.56. The lowest BCUT2D eigenvalue weighted by Crippen LogP contribution is -2.33. The van der Waals surface area contributed by atoms with Crippen LogP contribution in [0.2, 0.25) is 0 Å². The minimum Gasteiger partial charge on any atom is -0.497 e. The molecule has 8 nitrogen and oxygen atoms in total. The van der Waals surface area contributed by atoms with Crippen LogP contribution in [0.5, 0.6) is 28.7 Å².